The number of rotatable bonds is 5. The predicted molar refractivity (Wildman–Crippen MR) is 131 cm³/mol. The van der Waals surface area contributed by atoms with Crippen molar-refractivity contribution in [3.8, 4) is 6.07 Å². The molecule has 2 saturated heterocycles. The van der Waals surface area contributed by atoms with Crippen molar-refractivity contribution < 1.29 is 13.9 Å². The molecular formula is C25H30FN7O2. The van der Waals surface area contributed by atoms with E-state index in [-0.39, 0.29) is 30.0 Å². The Hall–Kier alpha value is -3.52. The maximum atomic E-state index is 13.9. The predicted octanol–water partition coefficient (Wildman–Crippen LogP) is 1.72. The molecule has 2 atom stereocenters. The number of hydrazone groups is 1. The molecule has 2 aromatic carbocycles. The number of ether oxygens (including phenoxy) is 1. The Kier molecular flexibility index (Phi) is 7.31. The number of benzene rings is 2. The van der Waals surface area contributed by atoms with E-state index in [2.05, 4.69) is 10.0 Å². The van der Waals surface area contributed by atoms with Crippen molar-refractivity contribution in [1.29, 1.82) is 5.26 Å². The highest BCUT2D eigenvalue weighted by Gasteiger charge is 2.36. The molecule has 184 valence electrons. The molecule has 2 aliphatic rings. The second kappa shape index (κ2) is 10.4. The molecule has 0 aliphatic carbocycles. The molecule has 0 spiro atoms. The molecule has 2 aliphatic heterocycles. The van der Waals surface area contributed by atoms with Gasteiger partial charge in [0.15, 0.2) is 0 Å². The van der Waals surface area contributed by atoms with Crippen LogP contribution in [0, 0.1) is 31.0 Å². The highest BCUT2D eigenvalue weighted by atomic mass is 19.1. The van der Waals surface area contributed by atoms with Gasteiger partial charge in [-0.2, -0.15) is 10.4 Å². The van der Waals surface area contributed by atoms with Gasteiger partial charge in [0, 0.05) is 26.2 Å². The molecule has 2 aromatic rings. The Morgan fingerprint density at radius 3 is 2.83 bits per heavy atom. The molecule has 2 unspecified atom stereocenters. The van der Waals surface area contributed by atoms with Gasteiger partial charge in [-0.15, -0.1) is 0 Å². The third-order valence-corrected chi connectivity index (χ3v) is 6.99. The number of piperazine rings is 1. The minimum Gasteiger partial charge on any atom is -0.370 e. The fourth-order valence-electron chi connectivity index (χ4n) is 4.93. The van der Waals surface area contributed by atoms with E-state index in [0.717, 1.165) is 28.9 Å². The number of hydrazine groups is 1. The smallest absolute Gasteiger partial charge is 0.227 e. The first-order valence-electron chi connectivity index (χ1n) is 11.5. The van der Waals surface area contributed by atoms with E-state index in [4.69, 9.17) is 16.4 Å². The standard InChI is InChI=1S/C25H30FN7O2/c1-16-18(4-3-5-23(16)33(29)15-30-28)10-25(34)32-9-8-31-13-24(35-14-19(31)12-32)20-6-7-22(26)21(11-27)17(20)2/h3-7,15,19,24H,8-10,12-14,28-29H2,1-2H3/b30-15-. The second-order valence-electron chi connectivity index (χ2n) is 8.97. The average Bonchev–Trinajstić information content (AvgIpc) is 2.85. The van der Waals surface area contributed by atoms with E-state index in [1.54, 1.807) is 13.0 Å². The number of carbonyl (C=O) groups is 1. The molecule has 0 bridgehead atoms. The van der Waals surface area contributed by atoms with Crippen LogP contribution >= 0.6 is 0 Å². The van der Waals surface area contributed by atoms with Crippen LogP contribution < -0.4 is 16.7 Å². The number of morpholine rings is 1. The fourth-order valence-corrected chi connectivity index (χ4v) is 4.93. The Morgan fingerprint density at radius 1 is 1.29 bits per heavy atom. The summed E-state index contributed by atoms with van der Waals surface area (Å²) in [7, 11) is 0. The topological polar surface area (TPSA) is 124 Å². The second-order valence-corrected chi connectivity index (χ2v) is 8.97. The van der Waals surface area contributed by atoms with Gasteiger partial charge in [0.25, 0.3) is 0 Å². The van der Waals surface area contributed by atoms with Gasteiger partial charge in [0.05, 0.1) is 36.4 Å². The number of carbonyl (C=O) groups excluding carboxylic acids is 1. The first-order valence-corrected chi connectivity index (χ1v) is 11.5. The normalized spacial score (nSPS) is 20.5. The molecule has 0 aromatic heterocycles. The summed E-state index contributed by atoms with van der Waals surface area (Å²) < 4.78 is 20.1. The molecular weight excluding hydrogens is 449 g/mol. The molecule has 4 N–H and O–H groups in total. The van der Waals surface area contributed by atoms with E-state index >= 15 is 0 Å². The van der Waals surface area contributed by atoms with Crippen molar-refractivity contribution in [2.75, 3.05) is 37.8 Å². The van der Waals surface area contributed by atoms with Gasteiger partial charge in [-0.25, -0.2) is 10.2 Å². The van der Waals surface area contributed by atoms with Gasteiger partial charge in [0.1, 0.15) is 18.2 Å². The summed E-state index contributed by atoms with van der Waals surface area (Å²) in [5.41, 5.74) is 4.06. The van der Waals surface area contributed by atoms with Crippen LogP contribution in [0.1, 0.15) is 33.9 Å². The number of amides is 1. The number of anilines is 1. The summed E-state index contributed by atoms with van der Waals surface area (Å²) in [5, 5.41) is 14.1. The highest BCUT2D eigenvalue weighted by Crippen LogP contribution is 2.31. The zero-order valence-corrected chi connectivity index (χ0v) is 19.9. The monoisotopic (exact) mass is 479 g/mol. The lowest BCUT2D eigenvalue weighted by atomic mass is 9.96. The quantitative estimate of drug-likeness (QED) is 0.290. The van der Waals surface area contributed by atoms with Crippen molar-refractivity contribution in [2.45, 2.75) is 32.4 Å². The van der Waals surface area contributed by atoms with E-state index in [1.165, 1.54) is 17.4 Å². The zero-order chi connectivity index (χ0) is 25.1. The van der Waals surface area contributed by atoms with Crippen LogP contribution in [0.3, 0.4) is 0 Å². The van der Waals surface area contributed by atoms with Crippen molar-refractivity contribution >= 4 is 17.9 Å². The number of nitrogens with two attached hydrogens (primary N) is 2. The number of nitrogens with zero attached hydrogens (tertiary/aromatic N) is 5. The molecule has 1 amide bonds. The third kappa shape index (κ3) is 4.98. The Balaban J connectivity index is 1.40. The number of hydrogen-bond acceptors (Lipinski definition) is 7. The molecule has 10 heteroatoms. The van der Waals surface area contributed by atoms with Gasteiger partial charge in [-0.3, -0.25) is 14.7 Å². The van der Waals surface area contributed by atoms with Crippen molar-refractivity contribution in [3.63, 3.8) is 0 Å². The number of fused-ring (bicyclic) bond motifs is 1. The SMILES string of the molecule is Cc1c(CC(=O)N2CCN3CC(c4ccc(F)c(C#N)c4C)OCC3C2)cccc1N(N)/C=N\N. The zero-order valence-electron chi connectivity index (χ0n) is 19.9. The van der Waals surface area contributed by atoms with Gasteiger partial charge >= 0.3 is 0 Å². The van der Waals surface area contributed by atoms with Crippen LogP contribution in [0.25, 0.3) is 0 Å². The van der Waals surface area contributed by atoms with Gasteiger partial charge < -0.3 is 15.5 Å². The molecule has 2 heterocycles. The lowest BCUT2D eigenvalue weighted by Crippen LogP contribution is -2.59. The minimum absolute atomic E-state index is 0.0520. The first kappa shape index (κ1) is 24.6. The van der Waals surface area contributed by atoms with Crippen LogP contribution in [-0.4, -0.2) is 60.9 Å². The maximum Gasteiger partial charge on any atom is 0.227 e. The van der Waals surface area contributed by atoms with Crippen LogP contribution in [0.15, 0.2) is 35.4 Å². The van der Waals surface area contributed by atoms with Crippen LogP contribution in [-0.2, 0) is 16.0 Å². The highest BCUT2D eigenvalue weighted by molar-refractivity contribution is 5.82. The van der Waals surface area contributed by atoms with E-state index in [0.29, 0.717) is 31.8 Å². The first-order chi connectivity index (χ1) is 16.8. The van der Waals surface area contributed by atoms with E-state index < -0.39 is 5.82 Å². The summed E-state index contributed by atoms with van der Waals surface area (Å²) in [6.07, 6.45) is 1.36. The summed E-state index contributed by atoms with van der Waals surface area (Å²) >= 11 is 0. The summed E-state index contributed by atoms with van der Waals surface area (Å²) in [4.78, 5) is 17.3. The minimum atomic E-state index is -0.512. The van der Waals surface area contributed by atoms with Gasteiger partial charge in [0.2, 0.25) is 5.91 Å². The van der Waals surface area contributed by atoms with Crippen LogP contribution in [0.4, 0.5) is 10.1 Å². The van der Waals surface area contributed by atoms with Crippen LogP contribution in [0.2, 0.25) is 0 Å². The lowest BCUT2D eigenvalue weighted by Gasteiger charge is -2.46. The molecule has 35 heavy (non-hydrogen) atoms. The summed E-state index contributed by atoms with van der Waals surface area (Å²) in [6.45, 7) is 6.71. The maximum absolute atomic E-state index is 13.9. The average molecular weight is 480 g/mol. The Morgan fingerprint density at radius 2 is 2.09 bits per heavy atom. The van der Waals surface area contributed by atoms with E-state index in [1.807, 2.05) is 36.1 Å². The van der Waals surface area contributed by atoms with Crippen LogP contribution in [0.5, 0.6) is 0 Å². The van der Waals surface area contributed by atoms with Gasteiger partial charge in [-0.05, 0) is 48.2 Å². The summed E-state index contributed by atoms with van der Waals surface area (Å²) in [5.74, 6) is 10.7. The van der Waals surface area contributed by atoms with Gasteiger partial charge in [-0.1, -0.05) is 18.2 Å². The number of halogens is 1. The molecule has 2 fully saturated rings. The van der Waals surface area contributed by atoms with E-state index in [9.17, 15) is 14.4 Å². The number of hydrogen-bond donors (Lipinski definition) is 2. The molecule has 0 radical (unpaired) electrons. The fraction of sp³-hybridized carbons (Fsp3) is 0.400. The summed E-state index contributed by atoms with van der Waals surface area (Å²) in [6, 6.07) is 10.7. The molecule has 4 rings (SSSR count). The third-order valence-electron chi connectivity index (χ3n) is 6.99. The largest absolute Gasteiger partial charge is 0.370 e. The van der Waals surface area contributed by atoms with Crippen molar-refractivity contribution in [2.24, 2.45) is 16.8 Å². The van der Waals surface area contributed by atoms with Crippen molar-refractivity contribution in [1.82, 2.24) is 9.80 Å². The Bertz CT molecular complexity index is 1180. The molecule has 9 nitrogen and oxygen atoms in total. The number of nitriles is 1. The molecule has 0 saturated carbocycles. The lowest BCUT2D eigenvalue weighted by molar-refractivity contribution is -0.139. The van der Waals surface area contributed by atoms with Crippen molar-refractivity contribution in [3.05, 3.63) is 64.0 Å². The Labute approximate surface area is 204 Å².